The zero-order valence-electron chi connectivity index (χ0n) is 17.6. The SMILES string of the molecule is Cc1nc2sc3c(c2c2nc(CN(CC(C)O)CC(C)O)nn12)CC(C)(C)OC3. The van der Waals surface area contributed by atoms with Gasteiger partial charge in [0, 0.05) is 24.4 Å². The summed E-state index contributed by atoms with van der Waals surface area (Å²) < 4.78 is 7.80. The fourth-order valence-electron chi connectivity index (χ4n) is 4.00. The molecule has 4 rings (SSSR count). The van der Waals surface area contributed by atoms with Crippen LogP contribution in [0.3, 0.4) is 0 Å². The van der Waals surface area contributed by atoms with Gasteiger partial charge in [0.25, 0.3) is 0 Å². The third-order valence-corrected chi connectivity index (χ3v) is 6.22. The van der Waals surface area contributed by atoms with E-state index in [2.05, 4.69) is 13.8 Å². The van der Waals surface area contributed by atoms with E-state index in [1.54, 1.807) is 25.2 Å². The zero-order chi connectivity index (χ0) is 20.9. The van der Waals surface area contributed by atoms with Crippen molar-refractivity contribution in [2.45, 2.75) is 72.0 Å². The second kappa shape index (κ2) is 7.55. The van der Waals surface area contributed by atoms with Crippen LogP contribution >= 0.6 is 11.3 Å². The zero-order valence-corrected chi connectivity index (χ0v) is 18.5. The molecular weight excluding hydrogens is 390 g/mol. The lowest BCUT2D eigenvalue weighted by Crippen LogP contribution is -2.36. The van der Waals surface area contributed by atoms with Gasteiger partial charge in [0.05, 0.1) is 36.3 Å². The Balaban J connectivity index is 1.77. The highest BCUT2D eigenvalue weighted by Gasteiger charge is 2.31. The first-order valence-electron chi connectivity index (χ1n) is 10.0. The normalized spacial score (nSPS) is 18.5. The maximum Gasteiger partial charge on any atom is 0.168 e. The van der Waals surface area contributed by atoms with Crippen molar-refractivity contribution in [1.29, 1.82) is 0 Å². The maximum atomic E-state index is 9.80. The van der Waals surface area contributed by atoms with Gasteiger partial charge in [0.15, 0.2) is 11.5 Å². The van der Waals surface area contributed by atoms with E-state index in [0.29, 0.717) is 32.1 Å². The minimum Gasteiger partial charge on any atom is -0.392 e. The van der Waals surface area contributed by atoms with Gasteiger partial charge < -0.3 is 14.9 Å². The van der Waals surface area contributed by atoms with E-state index in [-0.39, 0.29) is 5.60 Å². The summed E-state index contributed by atoms with van der Waals surface area (Å²) in [5.74, 6) is 1.46. The van der Waals surface area contributed by atoms with Crippen molar-refractivity contribution >= 4 is 27.2 Å². The highest BCUT2D eigenvalue weighted by molar-refractivity contribution is 7.19. The minimum atomic E-state index is -0.494. The van der Waals surface area contributed by atoms with Gasteiger partial charge in [-0.25, -0.2) is 9.97 Å². The number of rotatable bonds is 6. The molecule has 3 aromatic heterocycles. The number of hydrogen-bond acceptors (Lipinski definition) is 8. The Morgan fingerprint density at radius 2 is 1.90 bits per heavy atom. The van der Waals surface area contributed by atoms with Crippen molar-refractivity contribution in [3.05, 3.63) is 22.1 Å². The van der Waals surface area contributed by atoms with Crippen molar-refractivity contribution in [3.8, 4) is 0 Å². The first-order valence-corrected chi connectivity index (χ1v) is 10.8. The van der Waals surface area contributed by atoms with E-state index < -0.39 is 12.2 Å². The van der Waals surface area contributed by atoms with Gasteiger partial charge in [0.1, 0.15) is 10.7 Å². The van der Waals surface area contributed by atoms with Gasteiger partial charge in [0.2, 0.25) is 0 Å². The molecule has 1 aliphatic rings. The highest BCUT2D eigenvalue weighted by Crippen LogP contribution is 2.39. The van der Waals surface area contributed by atoms with E-state index in [1.807, 2.05) is 16.3 Å². The fourth-order valence-corrected chi connectivity index (χ4v) is 5.15. The minimum absolute atomic E-state index is 0.211. The monoisotopic (exact) mass is 419 g/mol. The lowest BCUT2D eigenvalue weighted by atomic mass is 9.94. The Hall–Kier alpha value is -1.65. The smallest absolute Gasteiger partial charge is 0.168 e. The molecule has 2 atom stereocenters. The molecule has 158 valence electrons. The predicted octanol–water partition coefficient (Wildman–Crippen LogP) is 2.06. The summed E-state index contributed by atoms with van der Waals surface area (Å²) in [6.07, 6.45) is -0.166. The van der Waals surface area contributed by atoms with Crippen molar-refractivity contribution in [2.24, 2.45) is 0 Å². The molecule has 4 heterocycles. The van der Waals surface area contributed by atoms with Gasteiger partial charge >= 0.3 is 0 Å². The summed E-state index contributed by atoms with van der Waals surface area (Å²) in [6.45, 7) is 11.6. The number of ether oxygens (including phenoxy) is 1. The molecule has 9 heteroatoms. The molecule has 1 aliphatic heterocycles. The Kier molecular flexibility index (Phi) is 5.37. The number of fused-ring (bicyclic) bond motifs is 5. The molecule has 29 heavy (non-hydrogen) atoms. The summed E-state index contributed by atoms with van der Waals surface area (Å²) >= 11 is 1.68. The number of nitrogens with zero attached hydrogens (tertiary/aromatic N) is 5. The third kappa shape index (κ3) is 4.15. The summed E-state index contributed by atoms with van der Waals surface area (Å²) in [5, 5.41) is 25.4. The molecule has 0 amide bonds. The lowest BCUT2D eigenvalue weighted by Gasteiger charge is -2.30. The van der Waals surface area contributed by atoms with Crippen LogP contribution in [0.2, 0.25) is 0 Å². The van der Waals surface area contributed by atoms with Crippen LogP contribution in [0.15, 0.2) is 0 Å². The number of aliphatic hydroxyl groups is 2. The second-order valence-electron chi connectivity index (χ2n) is 8.72. The van der Waals surface area contributed by atoms with Gasteiger partial charge in [-0.05, 0) is 40.2 Å². The summed E-state index contributed by atoms with van der Waals surface area (Å²) in [7, 11) is 0. The van der Waals surface area contributed by atoms with Gasteiger partial charge in [-0.15, -0.1) is 16.4 Å². The molecular formula is C20H29N5O3S. The van der Waals surface area contributed by atoms with Crippen molar-refractivity contribution < 1.29 is 14.9 Å². The van der Waals surface area contributed by atoms with Crippen LogP contribution in [0.5, 0.6) is 0 Å². The van der Waals surface area contributed by atoms with Gasteiger partial charge in [-0.2, -0.15) is 4.52 Å². The van der Waals surface area contributed by atoms with E-state index in [4.69, 9.17) is 19.8 Å². The number of aromatic nitrogens is 4. The molecule has 0 saturated heterocycles. The van der Waals surface area contributed by atoms with Crippen LogP contribution < -0.4 is 0 Å². The molecule has 0 radical (unpaired) electrons. The number of aryl methyl sites for hydroxylation is 1. The third-order valence-electron chi connectivity index (χ3n) is 5.12. The van der Waals surface area contributed by atoms with E-state index in [0.717, 1.165) is 28.1 Å². The Morgan fingerprint density at radius 3 is 2.55 bits per heavy atom. The quantitative estimate of drug-likeness (QED) is 0.631. The molecule has 0 saturated carbocycles. The summed E-state index contributed by atoms with van der Waals surface area (Å²) in [5.41, 5.74) is 1.88. The standard InChI is InChI=1S/C20H29N5O3S/c1-11(26)7-24(8-12(2)27)9-16-22-18-17-14-6-20(4,5)28-10-15(14)29-19(17)21-13(3)25(18)23-16/h11-12,26-27H,6-10H2,1-5H3. The van der Waals surface area contributed by atoms with E-state index in [9.17, 15) is 10.2 Å². The van der Waals surface area contributed by atoms with Crippen LogP contribution in [-0.2, 0) is 24.3 Å². The molecule has 0 bridgehead atoms. The number of aliphatic hydroxyl groups excluding tert-OH is 2. The molecule has 2 unspecified atom stereocenters. The molecule has 0 spiro atoms. The lowest BCUT2D eigenvalue weighted by molar-refractivity contribution is -0.0379. The van der Waals surface area contributed by atoms with E-state index >= 15 is 0 Å². The summed E-state index contributed by atoms with van der Waals surface area (Å²) in [4.78, 5) is 13.8. The average molecular weight is 420 g/mol. The highest BCUT2D eigenvalue weighted by atomic mass is 32.1. The van der Waals surface area contributed by atoms with Gasteiger partial charge in [-0.3, -0.25) is 4.90 Å². The molecule has 2 N–H and O–H groups in total. The number of thiophene rings is 1. The Morgan fingerprint density at radius 1 is 1.21 bits per heavy atom. The average Bonchev–Trinajstić information content (AvgIpc) is 3.13. The van der Waals surface area contributed by atoms with Crippen molar-refractivity contribution in [2.75, 3.05) is 13.1 Å². The van der Waals surface area contributed by atoms with Crippen LogP contribution in [0.1, 0.15) is 49.8 Å². The molecule has 0 aliphatic carbocycles. The number of hydrogen-bond donors (Lipinski definition) is 2. The fraction of sp³-hybridized carbons (Fsp3) is 0.650. The topological polar surface area (TPSA) is 96.0 Å². The van der Waals surface area contributed by atoms with Crippen molar-refractivity contribution in [1.82, 2.24) is 24.5 Å². The largest absolute Gasteiger partial charge is 0.392 e. The predicted molar refractivity (Wildman–Crippen MR) is 112 cm³/mol. The summed E-state index contributed by atoms with van der Waals surface area (Å²) in [6, 6.07) is 0. The van der Waals surface area contributed by atoms with Crippen LogP contribution in [-0.4, -0.2) is 65.6 Å². The maximum absolute atomic E-state index is 9.80. The second-order valence-corrected chi connectivity index (χ2v) is 9.81. The van der Waals surface area contributed by atoms with Crippen molar-refractivity contribution in [3.63, 3.8) is 0 Å². The van der Waals surface area contributed by atoms with Crippen LogP contribution in [0, 0.1) is 6.92 Å². The van der Waals surface area contributed by atoms with Gasteiger partial charge in [-0.1, -0.05) is 0 Å². The molecule has 3 aromatic rings. The molecule has 0 aromatic carbocycles. The van der Waals surface area contributed by atoms with Crippen LogP contribution in [0.25, 0.3) is 15.9 Å². The van der Waals surface area contributed by atoms with E-state index in [1.165, 1.54) is 10.4 Å². The Bertz CT molecular complexity index is 1030. The molecule has 8 nitrogen and oxygen atoms in total. The van der Waals surface area contributed by atoms with Crippen LogP contribution in [0.4, 0.5) is 0 Å². The Labute approximate surface area is 174 Å². The molecule has 0 fully saturated rings. The first-order chi connectivity index (χ1) is 13.6. The first kappa shape index (κ1) is 20.6.